The zero-order chi connectivity index (χ0) is 18.1. The Morgan fingerprint density at radius 2 is 2.04 bits per heavy atom. The molecule has 1 atom stereocenters. The van der Waals surface area contributed by atoms with E-state index >= 15 is 0 Å². The number of carbonyl (C=O) groups is 1. The summed E-state index contributed by atoms with van der Waals surface area (Å²) >= 11 is 1.57. The summed E-state index contributed by atoms with van der Waals surface area (Å²) in [5.41, 5.74) is 2.19. The smallest absolute Gasteiger partial charge is 0.257 e. The Kier molecular flexibility index (Phi) is 4.65. The van der Waals surface area contributed by atoms with Gasteiger partial charge in [-0.15, -0.1) is 0 Å². The molecule has 1 amide bonds. The molecule has 1 N–H and O–H groups in total. The molecule has 4 rings (SSSR count). The minimum atomic E-state index is -1.15. The molecule has 4 nitrogen and oxygen atoms in total. The van der Waals surface area contributed by atoms with Crippen LogP contribution in [0.2, 0.25) is 0 Å². The summed E-state index contributed by atoms with van der Waals surface area (Å²) < 4.78 is 28.0. The van der Waals surface area contributed by atoms with Crippen LogP contribution in [0.4, 0.5) is 20.2 Å². The molecule has 1 saturated heterocycles. The second kappa shape index (κ2) is 7.09. The summed E-state index contributed by atoms with van der Waals surface area (Å²) in [7, 11) is 0. The Morgan fingerprint density at radius 1 is 1.23 bits per heavy atom. The summed E-state index contributed by atoms with van der Waals surface area (Å²) in [5, 5.41) is 5.98. The van der Waals surface area contributed by atoms with Crippen LogP contribution in [0.5, 0.6) is 0 Å². The van der Waals surface area contributed by atoms with Crippen molar-refractivity contribution in [2.24, 2.45) is 0 Å². The van der Waals surface area contributed by atoms with Crippen LogP contribution in [-0.4, -0.2) is 35.3 Å². The number of amides is 1. The number of nitrogens with zero attached hydrogens (tertiary/aromatic N) is 2. The van der Waals surface area contributed by atoms with Gasteiger partial charge < -0.3 is 5.32 Å². The number of alkyl halides is 1. The van der Waals surface area contributed by atoms with Gasteiger partial charge in [-0.25, -0.2) is 8.78 Å². The molecular formula is C19H17F2N3OS. The van der Waals surface area contributed by atoms with E-state index in [0.717, 1.165) is 11.4 Å². The van der Waals surface area contributed by atoms with Gasteiger partial charge in [0.05, 0.1) is 16.9 Å². The quantitative estimate of drug-likeness (QED) is 0.654. The molecule has 0 aliphatic carbocycles. The van der Waals surface area contributed by atoms with Crippen molar-refractivity contribution in [2.45, 2.75) is 6.30 Å². The van der Waals surface area contributed by atoms with Gasteiger partial charge >= 0.3 is 0 Å². The molecule has 134 valence electrons. The summed E-state index contributed by atoms with van der Waals surface area (Å²) in [5.74, 6) is 0.442. The van der Waals surface area contributed by atoms with Crippen LogP contribution in [0.3, 0.4) is 0 Å². The number of thioether (sulfide) groups is 1. The van der Waals surface area contributed by atoms with Crippen molar-refractivity contribution in [1.29, 1.82) is 0 Å². The number of hydrogen-bond donors (Lipinski definition) is 1. The number of nitrogens with one attached hydrogen (secondary N) is 1. The third-order valence-electron chi connectivity index (χ3n) is 4.36. The Balaban J connectivity index is 1.78. The van der Waals surface area contributed by atoms with E-state index in [1.165, 1.54) is 12.1 Å². The first-order valence-electron chi connectivity index (χ1n) is 8.29. The first kappa shape index (κ1) is 17.1. The SMILES string of the molecule is O=C1Nc2cc(F)ccc2C1=CN(c1ccccc1)N1CCSCC1F. The number of carbonyl (C=O) groups excluding carboxylic acids is 1. The molecule has 0 aromatic heterocycles. The minimum Gasteiger partial charge on any atom is -0.321 e. The third kappa shape index (κ3) is 3.20. The van der Waals surface area contributed by atoms with E-state index in [4.69, 9.17) is 0 Å². The molecule has 2 aliphatic heterocycles. The van der Waals surface area contributed by atoms with Crippen molar-refractivity contribution in [3.8, 4) is 0 Å². The van der Waals surface area contributed by atoms with E-state index in [1.807, 2.05) is 30.3 Å². The van der Waals surface area contributed by atoms with Gasteiger partial charge in [-0.05, 0) is 30.3 Å². The Labute approximate surface area is 154 Å². The predicted molar refractivity (Wildman–Crippen MR) is 101 cm³/mol. The van der Waals surface area contributed by atoms with E-state index in [9.17, 15) is 13.6 Å². The van der Waals surface area contributed by atoms with E-state index in [2.05, 4.69) is 5.32 Å². The molecule has 1 fully saturated rings. The highest BCUT2D eigenvalue weighted by molar-refractivity contribution is 7.99. The van der Waals surface area contributed by atoms with Gasteiger partial charge in [-0.3, -0.25) is 9.80 Å². The molecule has 0 bridgehead atoms. The van der Waals surface area contributed by atoms with Crippen LogP contribution in [0.15, 0.2) is 54.7 Å². The molecule has 2 aliphatic rings. The highest BCUT2D eigenvalue weighted by Gasteiger charge is 2.30. The normalized spacial score (nSPS) is 21.5. The maximum atomic E-state index is 14.6. The standard InChI is InChI=1S/C19H17F2N3OS/c20-13-6-7-15-16(19(25)22-17(15)10-13)11-24(14-4-2-1-3-5-14)23-8-9-26-12-18(23)21/h1-7,10-11,18H,8-9,12H2,(H,22,25). The van der Waals surface area contributed by atoms with E-state index in [-0.39, 0.29) is 5.91 Å². The highest BCUT2D eigenvalue weighted by atomic mass is 32.2. The van der Waals surface area contributed by atoms with Gasteiger partial charge in [0.15, 0.2) is 6.30 Å². The molecule has 2 aromatic rings. The second-order valence-electron chi connectivity index (χ2n) is 6.04. The summed E-state index contributed by atoms with van der Waals surface area (Å²) in [6.07, 6.45) is 0.486. The van der Waals surface area contributed by atoms with Gasteiger partial charge in [0, 0.05) is 29.8 Å². The van der Waals surface area contributed by atoms with Crippen LogP contribution in [0.25, 0.3) is 5.57 Å². The Hall–Kier alpha value is -2.38. The Bertz CT molecular complexity index is 859. The average Bonchev–Trinajstić information content (AvgIpc) is 2.95. The number of hydrogen-bond acceptors (Lipinski definition) is 4. The molecular weight excluding hydrogens is 356 g/mol. The Morgan fingerprint density at radius 3 is 2.81 bits per heavy atom. The number of anilines is 2. The summed E-state index contributed by atoms with van der Waals surface area (Å²) in [6, 6.07) is 13.5. The van der Waals surface area contributed by atoms with Gasteiger partial charge in [-0.2, -0.15) is 16.8 Å². The predicted octanol–water partition coefficient (Wildman–Crippen LogP) is 3.88. The summed E-state index contributed by atoms with van der Waals surface area (Å²) in [4.78, 5) is 12.4. The molecule has 7 heteroatoms. The van der Waals surface area contributed by atoms with Gasteiger partial charge in [-0.1, -0.05) is 18.2 Å². The monoisotopic (exact) mass is 373 g/mol. The summed E-state index contributed by atoms with van der Waals surface area (Å²) in [6.45, 7) is 0.530. The average molecular weight is 373 g/mol. The zero-order valence-corrected chi connectivity index (χ0v) is 14.7. The van der Waals surface area contributed by atoms with Crippen molar-refractivity contribution >= 4 is 34.6 Å². The maximum Gasteiger partial charge on any atom is 0.257 e. The maximum absolute atomic E-state index is 14.6. The van der Waals surface area contributed by atoms with E-state index < -0.39 is 12.1 Å². The van der Waals surface area contributed by atoms with E-state index in [0.29, 0.717) is 29.1 Å². The lowest BCUT2D eigenvalue weighted by Crippen LogP contribution is -2.49. The number of hydrazine groups is 1. The number of rotatable bonds is 3. The van der Waals surface area contributed by atoms with Crippen LogP contribution < -0.4 is 10.3 Å². The van der Waals surface area contributed by atoms with Crippen molar-refractivity contribution in [2.75, 3.05) is 28.4 Å². The van der Waals surface area contributed by atoms with Crippen LogP contribution in [-0.2, 0) is 4.79 Å². The molecule has 2 heterocycles. The first-order valence-corrected chi connectivity index (χ1v) is 9.45. The fraction of sp³-hybridized carbons (Fsp3) is 0.211. The first-order chi connectivity index (χ1) is 12.6. The van der Waals surface area contributed by atoms with Crippen molar-refractivity contribution in [3.63, 3.8) is 0 Å². The highest BCUT2D eigenvalue weighted by Crippen LogP contribution is 2.34. The lowest BCUT2D eigenvalue weighted by Gasteiger charge is -2.39. The van der Waals surface area contributed by atoms with Crippen molar-refractivity contribution in [3.05, 3.63) is 66.1 Å². The number of halogens is 2. The molecule has 0 spiro atoms. The second-order valence-corrected chi connectivity index (χ2v) is 7.19. The molecule has 26 heavy (non-hydrogen) atoms. The fourth-order valence-corrected chi connectivity index (χ4v) is 3.95. The number of benzene rings is 2. The van der Waals surface area contributed by atoms with E-state index in [1.54, 1.807) is 34.0 Å². The van der Waals surface area contributed by atoms with Gasteiger partial charge in [0.25, 0.3) is 5.91 Å². The fourth-order valence-electron chi connectivity index (χ4n) is 3.10. The number of fused-ring (bicyclic) bond motifs is 1. The van der Waals surface area contributed by atoms with Crippen LogP contribution in [0, 0.1) is 5.82 Å². The number of para-hydroxylation sites is 1. The zero-order valence-electron chi connectivity index (χ0n) is 13.9. The van der Waals surface area contributed by atoms with Crippen molar-refractivity contribution < 1.29 is 13.6 Å². The van der Waals surface area contributed by atoms with Gasteiger partial charge in [0.2, 0.25) is 0 Å². The molecule has 0 radical (unpaired) electrons. The lowest BCUT2D eigenvalue weighted by atomic mass is 10.1. The van der Waals surface area contributed by atoms with Crippen LogP contribution >= 0.6 is 11.8 Å². The van der Waals surface area contributed by atoms with Crippen molar-refractivity contribution in [1.82, 2.24) is 5.01 Å². The topological polar surface area (TPSA) is 35.6 Å². The van der Waals surface area contributed by atoms with Crippen LogP contribution in [0.1, 0.15) is 5.56 Å². The van der Waals surface area contributed by atoms with Gasteiger partial charge in [0.1, 0.15) is 5.82 Å². The molecule has 2 aromatic carbocycles. The molecule has 1 unspecified atom stereocenters. The third-order valence-corrected chi connectivity index (χ3v) is 5.34. The largest absolute Gasteiger partial charge is 0.321 e. The minimum absolute atomic E-state index is 0.326. The molecule has 0 saturated carbocycles. The lowest BCUT2D eigenvalue weighted by molar-refractivity contribution is -0.110.